The summed E-state index contributed by atoms with van der Waals surface area (Å²) in [7, 11) is 1.41. The average Bonchev–Trinajstić information content (AvgIpc) is 3.02. The van der Waals surface area contributed by atoms with Crippen molar-refractivity contribution in [3.05, 3.63) is 10.0 Å². The summed E-state index contributed by atoms with van der Waals surface area (Å²) in [5.41, 5.74) is 0.0528. The van der Waals surface area contributed by atoms with Crippen molar-refractivity contribution in [3.63, 3.8) is 0 Å². The molecule has 2 rings (SSSR count). The summed E-state index contributed by atoms with van der Waals surface area (Å²) in [5, 5.41) is 0.260. The van der Waals surface area contributed by atoms with Crippen LogP contribution in [0.5, 0.6) is 0 Å². The normalized spacial score (nSPS) is 16.3. The molecule has 98 valence electrons. The van der Waals surface area contributed by atoms with Gasteiger partial charge in [-0.05, 0) is 18.3 Å². The van der Waals surface area contributed by atoms with Crippen molar-refractivity contribution in [3.8, 4) is 0 Å². The van der Waals surface area contributed by atoms with Gasteiger partial charge in [0.1, 0.15) is 4.88 Å². The monoisotopic (exact) mass is 305 g/mol. The quantitative estimate of drug-likeness (QED) is 0.459. The number of hydrogen-bond donors (Lipinski definition) is 0. The van der Waals surface area contributed by atoms with Crippen LogP contribution in [0.4, 0.5) is 0 Å². The maximum absolute atomic E-state index is 11.3. The average molecular weight is 306 g/mol. The Morgan fingerprint density at radius 3 is 2.89 bits per heavy atom. The molecule has 0 atom stereocenters. The van der Waals surface area contributed by atoms with Crippen molar-refractivity contribution in [2.75, 3.05) is 12.9 Å². The number of thioether (sulfide) groups is 1. The number of esters is 1. The number of methoxy groups -OCH3 is 1. The number of ether oxygens (including phenoxy) is 1. The molecule has 18 heavy (non-hydrogen) atoms. The molecule has 1 aliphatic carbocycles. The zero-order valence-electron chi connectivity index (χ0n) is 9.77. The maximum atomic E-state index is 11.3. The van der Waals surface area contributed by atoms with Crippen molar-refractivity contribution in [1.29, 1.82) is 0 Å². The predicted octanol–water partition coefficient (Wildman–Crippen LogP) is 3.04. The molecule has 1 aromatic heterocycles. The molecule has 7 heteroatoms. The van der Waals surface area contributed by atoms with E-state index in [0.717, 1.165) is 22.9 Å². The van der Waals surface area contributed by atoms with E-state index in [2.05, 4.69) is 4.98 Å². The van der Waals surface area contributed by atoms with Gasteiger partial charge in [0.15, 0.2) is 15.8 Å². The van der Waals surface area contributed by atoms with E-state index in [1.807, 2.05) is 0 Å². The third-order valence-corrected chi connectivity index (χ3v) is 5.78. The van der Waals surface area contributed by atoms with E-state index in [-0.39, 0.29) is 16.5 Å². The van der Waals surface area contributed by atoms with Gasteiger partial charge >= 0.3 is 5.97 Å². The van der Waals surface area contributed by atoms with Gasteiger partial charge in [-0.25, -0.2) is 4.98 Å². The second-order valence-electron chi connectivity index (χ2n) is 4.29. The van der Waals surface area contributed by atoms with Gasteiger partial charge in [0.05, 0.1) is 13.5 Å². The highest BCUT2D eigenvalue weighted by atomic mass is 35.5. The third kappa shape index (κ3) is 3.24. The Hall–Kier alpha value is -0.590. The van der Waals surface area contributed by atoms with Crippen LogP contribution in [0.2, 0.25) is 5.15 Å². The minimum atomic E-state index is -0.168. The molecule has 0 radical (unpaired) electrons. The van der Waals surface area contributed by atoms with Crippen molar-refractivity contribution >= 4 is 47.0 Å². The SMILES string of the molecule is COC(=O)CC1(CSc2nc(Cl)c(C=O)s2)CC1. The number of carbonyl (C=O) groups is 2. The molecule has 1 saturated carbocycles. The molecule has 0 aliphatic heterocycles. The van der Waals surface area contributed by atoms with Gasteiger partial charge in [0.25, 0.3) is 0 Å². The molecule has 0 spiro atoms. The Kier molecular flexibility index (Phi) is 4.29. The fourth-order valence-electron chi connectivity index (χ4n) is 1.57. The molecular formula is C11H12ClNO3S2. The zero-order chi connectivity index (χ0) is 13.2. The lowest BCUT2D eigenvalue weighted by molar-refractivity contribution is -0.141. The lowest BCUT2D eigenvalue weighted by Gasteiger charge is -2.11. The number of rotatable bonds is 6. The van der Waals surface area contributed by atoms with E-state index in [0.29, 0.717) is 17.6 Å². The summed E-state index contributed by atoms with van der Waals surface area (Å²) >= 11 is 8.64. The number of carbonyl (C=O) groups excluding carboxylic acids is 2. The Morgan fingerprint density at radius 1 is 1.67 bits per heavy atom. The van der Waals surface area contributed by atoms with Gasteiger partial charge < -0.3 is 4.74 Å². The summed E-state index contributed by atoms with van der Waals surface area (Å²) in [5.74, 6) is 0.642. The minimum absolute atomic E-state index is 0.0528. The van der Waals surface area contributed by atoms with E-state index in [4.69, 9.17) is 16.3 Å². The van der Waals surface area contributed by atoms with Crippen LogP contribution in [0.3, 0.4) is 0 Å². The van der Waals surface area contributed by atoms with E-state index < -0.39 is 0 Å². The lowest BCUT2D eigenvalue weighted by atomic mass is 10.1. The van der Waals surface area contributed by atoms with Gasteiger partial charge in [0, 0.05) is 5.75 Å². The first-order valence-electron chi connectivity index (χ1n) is 5.40. The molecule has 4 nitrogen and oxygen atoms in total. The van der Waals surface area contributed by atoms with Crippen LogP contribution in [0.25, 0.3) is 0 Å². The molecule has 0 amide bonds. The number of thiazole rings is 1. The van der Waals surface area contributed by atoms with Crippen LogP contribution in [0.1, 0.15) is 28.9 Å². The van der Waals surface area contributed by atoms with Gasteiger partial charge in [-0.2, -0.15) is 0 Å². The van der Waals surface area contributed by atoms with E-state index >= 15 is 0 Å². The lowest BCUT2D eigenvalue weighted by Crippen LogP contribution is -2.12. The van der Waals surface area contributed by atoms with E-state index in [1.54, 1.807) is 11.8 Å². The first kappa shape index (κ1) is 13.8. The van der Waals surface area contributed by atoms with Crippen LogP contribution < -0.4 is 0 Å². The summed E-state index contributed by atoms with van der Waals surface area (Å²) in [4.78, 5) is 26.5. The third-order valence-electron chi connectivity index (χ3n) is 2.90. The van der Waals surface area contributed by atoms with E-state index in [1.165, 1.54) is 18.4 Å². The van der Waals surface area contributed by atoms with Gasteiger partial charge in [-0.3, -0.25) is 9.59 Å². The highest BCUT2D eigenvalue weighted by Crippen LogP contribution is 2.52. The van der Waals surface area contributed by atoms with E-state index in [9.17, 15) is 9.59 Å². The molecule has 1 fully saturated rings. The Balaban J connectivity index is 1.91. The second kappa shape index (κ2) is 5.59. The van der Waals surface area contributed by atoms with Crippen LogP contribution in [-0.4, -0.2) is 30.1 Å². The summed E-state index contributed by atoms with van der Waals surface area (Å²) in [6.07, 6.45) is 3.24. The standard InChI is InChI=1S/C11H12ClNO3S2/c1-16-8(15)4-11(2-3-11)6-17-10-13-9(12)7(5-14)18-10/h5H,2-4,6H2,1H3. The summed E-state index contributed by atoms with van der Waals surface area (Å²) in [6.45, 7) is 0. The Morgan fingerprint density at radius 2 is 2.39 bits per heavy atom. The largest absolute Gasteiger partial charge is 0.469 e. The van der Waals surface area contributed by atoms with Crippen molar-refractivity contribution < 1.29 is 14.3 Å². The molecule has 0 aromatic carbocycles. The van der Waals surface area contributed by atoms with Crippen LogP contribution in [0.15, 0.2) is 4.34 Å². The van der Waals surface area contributed by atoms with Crippen LogP contribution in [-0.2, 0) is 9.53 Å². The molecule has 1 aromatic rings. The topological polar surface area (TPSA) is 56.3 Å². The second-order valence-corrected chi connectivity index (χ2v) is 6.91. The Labute approximate surface area is 118 Å². The number of hydrogen-bond acceptors (Lipinski definition) is 6. The molecule has 0 N–H and O–H groups in total. The van der Waals surface area contributed by atoms with Crippen molar-refractivity contribution in [2.24, 2.45) is 5.41 Å². The van der Waals surface area contributed by atoms with Crippen LogP contribution in [0, 0.1) is 5.41 Å². The van der Waals surface area contributed by atoms with Crippen molar-refractivity contribution in [1.82, 2.24) is 4.98 Å². The zero-order valence-corrected chi connectivity index (χ0v) is 12.2. The molecule has 0 bridgehead atoms. The Bertz CT molecular complexity index is 471. The first-order chi connectivity index (χ1) is 8.58. The van der Waals surface area contributed by atoms with Gasteiger partial charge in [-0.1, -0.05) is 23.4 Å². The van der Waals surface area contributed by atoms with Gasteiger partial charge in [-0.15, -0.1) is 11.3 Å². The minimum Gasteiger partial charge on any atom is -0.469 e. The highest BCUT2D eigenvalue weighted by Gasteiger charge is 2.44. The molecular weight excluding hydrogens is 294 g/mol. The predicted molar refractivity (Wildman–Crippen MR) is 71.5 cm³/mol. The van der Waals surface area contributed by atoms with Crippen molar-refractivity contribution in [2.45, 2.75) is 23.6 Å². The number of aromatic nitrogens is 1. The summed E-state index contributed by atoms with van der Waals surface area (Å²) < 4.78 is 5.47. The molecule has 0 saturated heterocycles. The van der Waals surface area contributed by atoms with Crippen LogP contribution >= 0.6 is 34.7 Å². The maximum Gasteiger partial charge on any atom is 0.306 e. The molecule has 0 unspecified atom stereocenters. The fourth-order valence-corrected chi connectivity index (χ4v) is 4.08. The molecule has 1 heterocycles. The number of halogens is 1. The highest BCUT2D eigenvalue weighted by molar-refractivity contribution is 8.01. The fraction of sp³-hybridized carbons (Fsp3) is 0.545. The molecule has 1 aliphatic rings. The summed E-state index contributed by atoms with van der Waals surface area (Å²) in [6, 6.07) is 0. The number of aldehydes is 1. The van der Waals surface area contributed by atoms with Gasteiger partial charge in [0.2, 0.25) is 0 Å². The first-order valence-corrected chi connectivity index (χ1v) is 7.58. The smallest absolute Gasteiger partial charge is 0.306 e. The number of nitrogens with zero attached hydrogens (tertiary/aromatic N) is 1.